The Bertz CT molecular complexity index is 1890. The molecule has 41 heavy (non-hydrogen) atoms. The van der Waals surface area contributed by atoms with E-state index in [0.29, 0.717) is 0 Å². The molecule has 1 aliphatic rings. The van der Waals surface area contributed by atoms with Crippen molar-refractivity contribution in [2.45, 2.75) is 32.6 Å². The summed E-state index contributed by atoms with van der Waals surface area (Å²) in [6.45, 7) is 6.56. The van der Waals surface area contributed by atoms with Crippen LogP contribution in [0.3, 0.4) is 0 Å². The van der Waals surface area contributed by atoms with Gasteiger partial charge in [-0.25, -0.2) is 4.79 Å². The van der Waals surface area contributed by atoms with Gasteiger partial charge in [-0.1, -0.05) is 87.5 Å². The Morgan fingerprint density at radius 3 is 2.20 bits per heavy atom. The van der Waals surface area contributed by atoms with Crippen molar-refractivity contribution in [1.29, 1.82) is 5.26 Å². The van der Waals surface area contributed by atoms with Crippen molar-refractivity contribution in [1.82, 2.24) is 0 Å². The van der Waals surface area contributed by atoms with E-state index < -0.39 is 5.97 Å². The molecule has 0 fully saturated rings. The van der Waals surface area contributed by atoms with Crippen LogP contribution in [0, 0.1) is 11.3 Å². The summed E-state index contributed by atoms with van der Waals surface area (Å²) in [5, 5.41) is 21.2. The average molecular weight is 535 g/mol. The van der Waals surface area contributed by atoms with E-state index in [1.54, 1.807) is 0 Å². The fourth-order valence-electron chi connectivity index (χ4n) is 6.31. The Morgan fingerprint density at radius 2 is 1.49 bits per heavy atom. The summed E-state index contributed by atoms with van der Waals surface area (Å²) in [6.07, 6.45) is 2.23. The predicted molar refractivity (Wildman–Crippen MR) is 167 cm³/mol. The highest BCUT2D eigenvalue weighted by Crippen LogP contribution is 2.52. The Hall–Kier alpha value is -5.14. The van der Waals surface area contributed by atoms with Crippen LogP contribution in [0.4, 0.5) is 17.1 Å². The van der Waals surface area contributed by atoms with Crippen LogP contribution in [0.2, 0.25) is 0 Å². The lowest BCUT2D eigenvalue weighted by Gasteiger charge is -2.29. The molecule has 0 heterocycles. The van der Waals surface area contributed by atoms with Crippen molar-refractivity contribution in [3.63, 3.8) is 0 Å². The van der Waals surface area contributed by atoms with Crippen molar-refractivity contribution in [2.24, 2.45) is 0 Å². The largest absolute Gasteiger partial charge is 0.477 e. The van der Waals surface area contributed by atoms with Crippen LogP contribution in [0.1, 0.15) is 43.0 Å². The quantitative estimate of drug-likeness (QED) is 0.174. The van der Waals surface area contributed by atoms with E-state index in [0.717, 1.165) is 40.2 Å². The van der Waals surface area contributed by atoms with Crippen LogP contribution < -0.4 is 4.90 Å². The molecule has 0 spiro atoms. The number of carbonyl (C=O) groups is 1. The normalized spacial score (nSPS) is 13.4. The van der Waals surface area contributed by atoms with Crippen molar-refractivity contribution < 1.29 is 9.90 Å². The molecule has 4 heteroatoms. The number of benzene rings is 5. The molecular weight excluding hydrogens is 504 g/mol. The summed E-state index contributed by atoms with van der Waals surface area (Å²) in [6, 6.07) is 37.9. The number of anilines is 3. The second-order valence-corrected chi connectivity index (χ2v) is 10.9. The van der Waals surface area contributed by atoms with Crippen LogP contribution >= 0.6 is 0 Å². The third-order valence-corrected chi connectivity index (χ3v) is 8.21. The zero-order valence-electron chi connectivity index (χ0n) is 23.3. The van der Waals surface area contributed by atoms with Gasteiger partial charge in [-0.2, -0.15) is 5.26 Å². The molecule has 0 unspecified atom stereocenters. The number of nitrogens with zero attached hydrogens (tertiary/aromatic N) is 2. The maximum atomic E-state index is 11.6. The molecule has 0 radical (unpaired) electrons. The lowest BCUT2D eigenvalue weighted by Crippen LogP contribution is -2.19. The van der Waals surface area contributed by atoms with Gasteiger partial charge in [0.15, 0.2) is 0 Å². The molecule has 1 aliphatic carbocycles. The number of hydrogen-bond acceptors (Lipinski definition) is 3. The van der Waals surface area contributed by atoms with Gasteiger partial charge in [-0.3, -0.25) is 0 Å². The number of aliphatic carboxylic acids is 1. The topological polar surface area (TPSA) is 64.3 Å². The highest BCUT2D eigenvalue weighted by Gasteiger charge is 2.38. The number of nitriles is 1. The lowest BCUT2D eigenvalue weighted by atomic mass is 9.78. The second-order valence-electron chi connectivity index (χ2n) is 10.9. The smallest absolute Gasteiger partial charge is 0.346 e. The van der Waals surface area contributed by atoms with Crippen LogP contribution in [0.5, 0.6) is 0 Å². The number of fused-ring (bicyclic) bond motifs is 4. The van der Waals surface area contributed by atoms with Crippen molar-refractivity contribution in [3.8, 4) is 17.2 Å². The van der Waals surface area contributed by atoms with Crippen molar-refractivity contribution in [3.05, 3.63) is 131 Å². The van der Waals surface area contributed by atoms with Gasteiger partial charge in [0.25, 0.3) is 0 Å². The molecule has 0 saturated carbocycles. The molecular formula is C37H30N2O2. The standard InChI is InChI=1S/C37H30N2O2/c1-4-31-26(20-27(23-38)36(40)41)15-18-33-32-19-17-30(22-34(32)37(2,3)35(31)33)39(28-12-6-5-7-13-28)29-16-14-24-10-8-9-11-25(24)21-29/h5-22H,4H2,1-3H3,(H,40,41). The number of para-hydroxylation sites is 1. The van der Waals surface area contributed by atoms with E-state index in [2.05, 4.69) is 117 Å². The number of rotatable bonds is 6. The SMILES string of the molecule is CCc1c(C=C(C#N)C(=O)O)ccc2c1C(C)(C)c1cc(N(c3ccccc3)c3ccc4ccccc4c3)ccc1-2. The zero-order chi connectivity index (χ0) is 28.7. The van der Waals surface area contributed by atoms with E-state index in [1.807, 2.05) is 18.2 Å². The van der Waals surface area contributed by atoms with Gasteiger partial charge < -0.3 is 10.0 Å². The summed E-state index contributed by atoms with van der Waals surface area (Å²) in [5.41, 5.74) is 9.28. The van der Waals surface area contributed by atoms with E-state index in [1.165, 1.54) is 33.5 Å². The summed E-state index contributed by atoms with van der Waals surface area (Å²) < 4.78 is 0. The van der Waals surface area contributed by atoms with Gasteiger partial charge in [0.2, 0.25) is 0 Å². The molecule has 0 amide bonds. The minimum atomic E-state index is -1.21. The Kier molecular flexibility index (Phi) is 6.44. The van der Waals surface area contributed by atoms with Crippen LogP contribution in [-0.2, 0) is 16.6 Å². The van der Waals surface area contributed by atoms with Crippen molar-refractivity contribution in [2.75, 3.05) is 4.90 Å². The van der Waals surface area contributed by atoms with Gasteiger partial charge in [0.1, 0.15) is 11.6 Å². The summed E-state index contributed by atoms with van der Waals surface area (Å²) in [4.78, 5) is 13.9. The maximum absolute atomic E-state index is 11.6. The lowest BCUT2D eigenvalue weighted by molar-refractivity contribution is -0.132. The molecule has 0 bridgehead atoms. The Morgan fingerprint density at radius 1 is 0.829 bits per heavy atom. The Labute approximate surface area is 240 Å². The third kappa shape index (κ3) is 4.37. The van der Waals surface area contributed by atoms with E-state index >= 15 is 0 Å². The highest BCUT2D eigenvalue weighted by molar-refractivity contribution is 5.97. The minimum absolute atomic E-state index is 0.260. The second kappa shape index (κ2) is 10.1. The molecule has 0 aliphatic heterocycles. The first-order valence-electron chi connectivity index (χ1n) is 13.8. The first-order chi connectivity index (χ1) is 19.8. The fourth-order valence-corrected chi connectivity index (χ4v) is 6.31. The monoisotopic (exact) mass is 534 g/mol. The van der Waals surface area contributed by atoms with E-state index in [4.69, 9.17) is 0 Å². The molecule has 5 aromatic rings. The van der Waals surface area contributed by atoms with Gasteiger partial charge in [-0.05, 0) is 93.0 Å². The fraction of sp³-hybridized carbons (Fsp3) is 0.135. The molecule has 0 saturated heterocycles. The summed E-state index contributed by atoms with van der Waals surface area (Å²) in [5.74, 6) is -1.21. The Balaban J connectivity index is 1.52. The summed E-state index contributed by atoms with van der Waals surface area (Å²) >= 11 is 0. The third-order valence-electron chi connectivity index (χ3n) is 8.21. The van der Waals surface area contributed by atoms with Crippen molar-refractivity contribution >= 4 is 39.9 Å². The number of carboxylic acids is 1. The predicted octanol–water partition coefficient (Wildman–Crippen LogP) is 9.17. The average Bonchev–Trinajstić information content (AvgIpc) is 3.22. The highest BCUT2D eigenvalue weighted by atomic mass is 16.4. The molecule has 6 rings (SSSR count). The molecule has 5 aromatic carbocycles. The molecule has 0 aromatic heterocycles. The van der Waals surface area contributed by atoms with E-state index in [-0.39, 0.29) is 11.0 Å². The molecule has 200 valence electrons. The number of carboxylic acid groups (broad SMARTS) is 1. The van der Waals surface area contributed by atoms with Crippen LogP contribution in [0.15, 0.2) is 109 Å². The molecule has 4 nitrogen and oxygen atoms in total. The molecule has 0 atom stereocenters. The van der Waals surface area contributed by atoms with E-state index in [9.17, 15) is 15.2 Å². The van der Waals surface area contributed by atoms with Crippen LogP contribution in [0.25, 0.3) is 28.0 Å². The van der Waals surface area contributed by atoms with Crippen LogP contribution in [-0.4, -0.2) is 11.1 Å². The van der Waals surface area contributed by atoms with Gasteiger partial charge in [0, 0.05) is 22.5 Å². The molecule has 1 N–H and O–H groups in total. The first kappa shape index (κ1) is 26.1. The van der Waals surface area contributed by atoms with Gasteiger partial charge >= 0.3 is 5.97 Å². The zero-order valence-corrected chi connectivity index (χ0v) is 23.3. The minimum Gasteiger partial charge on any atom is -0.477 e. The van der Waals surface area contributed by atoms with Gasteiger partial charge in [-0.15, -0.1) is 0 Å². The van der Waals surface area contributed by atoms with Gasteiger partial charge in [0.05, 0.1) is 0 Å². The maximum Gasteiger partial charge on any atom is 0.346 e. The first-order valence-corrected chi connectivity index (χ1v) is 13.8. The summed E-state index contributed by atoms with van der Waals surface area (Å²) in [7, 11) is 0. The number of hydrogen-bond donors (Lipinski definition) is 1.